The zero-order valence-electron chi connectivity index (χ0n) is 7.88. The maximum atomic E-state index is 5.29. The van der Waals surface area contributed by atoms with Gasteiger partial charge in [0.25, 0.3) is 5.22 Å². The fourth-order valence-electron chi connectivity index (χ4n) is 1.06. The van der Waals surface area contributed by atoms with Crippen LogP contribution < -0.4 is 11.3 Å². The number of thioether (sulfide) groups is 1. The number of rotatable bonds is 4. The smallest absolute Gasteiger partial charge is 0.255 e. The number of anilines is 1. The lowest BCUT2D eigenvalue weighted by molar-refractivity contribution is 0.454. The van der Waals surface area contributed by atoms with Gasteiger partial charge in [0.1, 0.15) is 6.26 Å². The van der Waals surface area contributed by atoms with E-state index in [4.69, 9.17) is 10.3 Å². The first-order valence-corrected chi connectivity index (χ1v) is 5.31. The second-order valence-corrected chi connectivity index (χ2v) is 3.69. The van der Waals surface area contributed by atoms with Gasteiger partial charge in [-0.2, -0.15) is 0 Å². The fourth-order valence-corrected chi connectivity index (χ4v) is 1.75. The third-order valence-corrected chi connectivity index (χ3v) is 2.63. The summed E-state index contributed by atoms with van der Waals surface area (Å²) in [5.74, 6) is 6.00. The topological polar surface area (TPSA) is 77.0 Å². The normalized spacial score (nSPS) is 10.2. The van der Waals surface area contributed by atoms with Crippen LogP contribution >= 0.6 is 11.8 Å². The predicted molar refractivity (Wildman–Crippen MR) is 58.1 cm³/mol. The Labute approximate surface area is 91.1 Å². The van der Waals surface area contributed by atoms with E-state index in [0.717, 1.165) is 11.4 Å². The first kappa shape index (κ1) is 10.0. The molecule has 5 nitrogen and oxygen atoms in total. The highest BCUT2D eigenvalue weighted by molar-refractivity contribution is 7.98. The van der Waals surface area contributed by atoms with Crippen molar-refractivity contribution in [1.82, 2.24) is 9.97 Å². The van der Waals surface area contributed by atoms with Gasteiger partial charge in [0, 0.05) is 11.9 Å². The number of nitrogen functional groups attached to an aromatic ring is 1. The Bertz CT molecular complexity index is 418. The highest BCUT2D eigenvalue weighted by atomic mass is 32.2. The summed E-state index contributed by atoms with van der Waals surface area (Å²) in [6.07, 6.45) is 4.88. The fraction of sp³-hybridized carbons (Fsp3) is 0.111. The number of hydrazine groups is 1. The molecule has 2 aromatic rings. The number of nitrogens with zero attached hydrogens (tertiary/aromatic N) is 2. The molecule has 0 aliphatic carbocycles. The van der Waals surface area contributed by atoms with Gasteiger partial charge in [-0.05, 0) is 12.1 Å². The van der Waals surface area contributed by atoms with Crippen LogP contribution in [0.2, 0.25) is 0 Å². The minimum absolute atomic E-state index is 0.642. The number of aromatic nitrogens is 2. The van der Waals surface area contributed by atoms with Gasteiger partial charge in [-0.1, -0.05) is 11.8 Å². The quantitative estimate of drug-likeness (QED) is 0.465. The summed E-state index contributed by atoms with van der Waals surface area (Å²) < 4.78 is 5.10. The van der Waals surface area contributed by atoms with Crippen LogP contribution in [-0.4, -0.2) is 9.97 Å². The minimum atomic E-state index is 0.642. The summed E-state index contributed by atoms with van der Waals surface area (Å²) in [6, 6.07) is 3.69. The van der Waals surface area contributed by atoms with E-state index in [-0.39, 0.29) is 0 Å². The molecule has 0 fully saturated rings. The van der Waals surface area contributed by atoms with Crippen molar-refractivity contribution in [2.75, 3.05) is 5.43 Å². The first-order valence-electron chi connectivity index (χ1n) is 4.32. The third kappa shape index (κ3) is 2.71. The van der Waals surface area contributed by atoms with E-state index in [2.05, 4.69) is 15.4 Å². The lowest BCUT2D eigenvalue weighted by Gasteiger charge is -2.01. The Balaban J connectivity index is 1.98. The van der Waals surface area contributed by atoms with Crippen molar-refractivity contribution in [2.24, 2.45) is 5.84 Å². The monoisotopic (exact) mass is 222 g/mol. The van der Waals surface area contributed by atoms with Gasteiger partial charge in [0.15, 0.2) is 0 Å². The van der Waals surface area contributed by atoms with E-state index in [1.54, 1.807) is 24.7 Å². The van der Waals surface area contributed by atoms with Gasteiger partial charge in [0.05, 0.1) is 17.6 Å². The molecule has 0 bridgehead atoms. The molecule has 0 unspecified atom stereocenters. The molecule has 0 radical (unpaired) electrons. The van der Waals surface area contributed by atoms with Gasteiger partial charge >= 0.3 is 0 Å². The van der Waals surface area contributed by atoms with Crippen LogP contribution in [0.25, 0.3) is 0 Å². The first-order chi connectivity index (χ1) is 7.38. The summed E-state index contributed by atoms with van der Waals surface area (Å²) in [5.41, 5.74) is 4.34. The SMILES string of the molecule is NNc1ccnc(CSc2ncco2)c1. The van der Waals surface area contributed by atoms with Crippen molar-refractivity contribution < 1.29 is 4.42 Å². The average molecular weight is 222 g/mol. The van der Waals surface area contributed by atoms with Crippen LogP contribution in [0.3, 0.4) is 0 Å². The largest absolute Gasteiger partial charge is 0.440 e. The Morgan fingerprint density at radius 3 is 3.07 bits per heavy atom. The molecule has 0 aliphatic heterocycles. The highest BCUT2D eigenvalue weighted by Crippen LogP contribution is 2.20. The summed E-state index contributed by atoms with van der Waals surface area (Å²) in [4.78, 5) is 8.20. The molecule has 0 amide bonds. The maximum absolute atomic E-state index is 5.29. The van der Waals surface area contributed by atoms with Gasteiger partial charge in [0.2, 0.25) is 0 Å². The lowest BCUT2D eigenvalue weighted by Crippen LogP contribution is -2.07. The third-order valence-electron chi connectivity index (χ3n) is 1.74. The zero-order valence-corrected chi connectivity index (χ0v) is 8.70. The molecular weight excluding hydrogens is 212 g/mol. The molecule has 0 spiro atoms. The van der Waals surface area contributed by atoms with Crippen LogP contribution in [0.4, 0.5) is 5.69 Å². The molecule has 6 heteroatoms. The van der Waals surface area contributed by atoms with E-state index in [1.807, 2.05) is 6.07 Å². The van der Waals surface area contributed by atoms with Gasteiger partial charge in [-0.3, -0.25) is 10.8 Å². The highest BCUT2D eigenvalue weighted by Gasteiger charge is 2.01. The number of nitrogens with one attached hydrogen (secondary N) is 1. The molecule has 2 heterocycles. The lowest BCUT2D eigenvalue weighted by atomic mass is 10.3. The van der Waals surface area contributed by atoms with E-state index in [9.17, 15) is 0 Å². The van der Waals surface area contributed by atoms with Crippen molar-refractivity contribution in [3.05, 3.63) is 36.5 Å². The van der Waals surface area contributed by atoms with Crippen LogP contribution in [0, 0.1) is 0 Å². The number of pyridine rings is 1. The van der Waals surface area contributed by atoms with Crippen molar-refractivity contribution in [2.45, 2.75) is 11.0 Å². The van der Waals surface area contributed by atoms with Crippen molar-refractivity contribution in [1.29, 1.82) is 0 Å². The van der Waals surface area contributed by atoms with Crippen molar-refractivity contribution in [3.8, 4) is 0 Å². The summed E-state index contributed by atoms with van der Waals surface area (Å²) in [5, 5.41) is 0.642. The predicted octanol–water partition coefficient (Wildman–Crippen LogP) is 1.65. The Hall–Kier alpha value is -1.53. The van der Waals surface area contributed by atoms with Crippen LogP contribution in [-0.2, 0) is 5.75 Å². The van der Waals surface area contributed by atoms with Gasteiger partial charge < -0.3 is 9.84 Å². The standard InChI is InChI=1S/C9H10N4OS/c10-13-7-1-2-11-8(5-7)6-15-9-12-3-4-14-9/h1-5H,6,10H2,(H,11,13). The van der Waals surface area contributed by atoms with Gasteiger partial charge in [-0.25, -0.2) is 4.98 Å². The van der Waals surface area contributed by atoms with Crippen molar-refractivity contribution in [3.63, 3.8) is 0 Å². The number of hydrogen-bond donors (Lipinski definition) is 2. The molecule has 2 aromatic heterocycles. The molecule has 78 valence electrons. The van der Waals surface area contributed by atoms with Crippen LogP contribution in [0.1, 0.15) is 5.69 Å². The van der Waals surface area contributed by atoms with Crippen LogP contribution in [0.5, 0.6) is 0 Å². The Kier molecular flexibility index (Phi) is 3.21. The molecular formula is C9H10N4OS. The molecule has 0 atom stereocenters. The minimum Gasteiger partial charge on any atom is -0.440 e. The summed E-state index contributed by atoms with van der Waals surface area (Å²) in [6.45, 7) is 0. The summed E-state index contributed by atoms with van der Waals surface area (Å²) >= 11 is 1.49. The van der Waals surface area contributed by atoms with E-state index < -0.39 is 0 Å². The molecule has 0 saturated heterocycles. The molecule has 0 aromatic carbocycles. The second-order valence-electron chi connectivity index (χ2n) is 2.77. The second kappa shape index (κ2) is 4.81. The van der Waals surface area contributed by atoms with E-state index >= 15 is 0 Å². The van der Waals surface area contributed by atoms with E-state index in [1.165, 1.54) is 11.8 Å². The number of hydrogen-bond acceptors (Lipinski definition) is 6. The van der Waals surface area contributed by atoms with Crippen LogP contribution in [0.15, 0.2) is 40.4 Å². The molecule has 0 aliphatic rings. The average Bonchev–Trinajstić information content (AvgIpc) is 2.79. The molecule has 3 N–H and O–H groups in total. The Morgan fingerprint density at radius 2 is 2.33 bits per heavy atom. The van der Waals surface area contributed by atoms with Gasteiger partial charge in [-0.15, -0.1) is 0 Å². The number of nitrogens with two attached hydrogens (primary N) is 1. The summed E-state index contributed by atoms with van der Waals surface area (Å²) in [7, 11) is 0. The zero-order chi connectivity index (χ0) is 10.5. The number of oxazole rings is 1. The molecule has 15 heavy (non-hydrogen) atoms. The maximum Gasteiger partial charge on any atom is 0.255 e. The Morgan fingerprint density at radius 1 is 1.40 bits per heavy atom. The molecule has 0 saturated carbocycles. The van der Waals surface area contributed by atoms with Crippen molar-refractivity contribution >= 4 is 17.4 Å². The van der Waals surface area contributed by atoms with E-state index in [0.29, 0.717) is 11.0 Å². The molecule has 2 rings (SSSR count).